The van der Waals surface area contributed by atoms with Gasteiger partial charge in [-0.05, 0) is 111 Å². The predicted octanol–water partition coefficient (Wildman–Crippen LogP) is 7.00. The van der Waals surface area contributed by atoms with E-state index < -0.39 is 12.6 Å². The quantitative estimate of drug-likeness (QED) is 0.0940. The van der Waals surface area contributed by atoms with Crippen LogP contribution in [0.5, 0.6) is 0 Å². The molecule has 0 amide bonds. The van der Waals surface area contributed by atoms with Crippen molar-refractivity contribution in [3.63, 3.8) is 0 Å². The number of hydrogen-bond acceptors (Lipinski definition) is 10. The summed E-state index contributed by atoms with van der Waals surface area (Å²) in [5.74, 6) is 4.69. The molecule has 0 aromatic rings. The van der Waals surface area contributed by atoms with Gasteiger partial charge in [-0.15, -0.1) is 23.5 Å². The Kier molecular flexibility index (Phi) is 13.4. The van der Waals surface area contributed by atoms with E-state index in [0.29, 0.717) is 22.8 Å². The molecule has 0 aromatic heterocycles. The van der Waals surface area contributed by atoms with E-state index in [9.17, 15) is 20.4 Å². The molecule has 0 spiro atoms. The predicted molar refractivity (Wildman–Crippen MR) is 210 cm³/mol. The summed E-state index contributed by atoms with van der Waals surface area (Å²) in [5.41, 5.74) is -0.520. The number of halogens is 2. The average Bonchev–Trinajstić information content (AvgIpc) is 3.69. The standard InChI is InChI=1S/C36H59I2NO7S2/c1-35(2,3)36(4)16-25(44-32(42)21-9-5-19(6-10-21)29(37)40)27-28(46-31(39-27)24-15-23-13-14-47-34(23)48-18-24)26(17-36)45-33(43)22-11-7-20(8-12-22)30(38)41/h16,19-24,26-34,39-43H,5-15,17-18H2,1-4H3. The third-order valence-corrected chi connectivity index (χ3v) is 18.3. The number of allylic oxidation sites excluding steroid dienone is 1. The Balaban J connectivity index is 1.25. The lowest BCUT2D eigenvalue weighted by Crippen LogP contribution is -2.46. The highest BCUT2D eigenvalue weighted by molar-refractivity contribution is 14.1. The smallest absolute Gasteiger partial charge is 0.199 e. The van der Waals surface area contributed by atoms with E-state index in [1.807, 2.05) is 0 Å². The zero-order chi connectivity index (χ0) is 34.4. The third kappa shape index (κ3) is 8.86. The molecule has 3 aliphatic carbocycles. The zero-order valence-corrected chi connectivity index (χ0v) is 35.0. The van der Waals surface area contributed by atoms with Gasteiger partial charge < -0.3 is 34.6 Å². The van der Waals surface area contributed by atoms with Gasteiger partial charge in [0.25, 0.3) is 0 Å². The normalized spacial score (nSPS) is 44.9. The lowest BCUT2D eigenvalue weighted by molar-refractivity contribution is -0.210. The fourth-order valence-corrected chi connectivity index (χ4v) is 13.8. The topological polar surface area (TPSA) is 121 Å². The van der Waals surface area contributed by atoms with Crippen LogP contribution in [0.1, 0.15) is 98.3 Å². The van der Waals surface area contributed by atoms with E-state index >= 15 is 0 Å². The Morgan fingerprint density at radius 3 is 2.02 bits per heavy atom. The number of fused-ring (bicyclic) bond motifs is 2. The summed E-state index contributed by atoms with van der Waals surface area (Å²) in [5, 5.41) is 47.4. The van der Waals surface area contributed by atoms with Crippen LogP contribution >= 0.6 is 68.7 Å². The van der Waals surface area contributed by atoms with Crippen molar-refractivity contribution in [2.75, 3.05) is 11.5 Å². The lowest BCUT2D eigenvalue weighted by atomic mass is 9.65. The monoisotopic (exact) mass is 935 g/mol. The maximum absolute atomic E-state index is 11.6. The van der Waals surface area contributed by atoms with Crippen molar-refractivity contribution in [3.05, 3.63) is 11.8 Å². The van der Waals surface area contributed by atoms with Crippen LogP contribution in [0, 0.1) is 46.3 Å². The van der Waals surface area contributed by atoms with Crippen LogP contribution in [0.25, 0.3) is 0 Å². The number of alkyl halides is 2. The molecular weight excluding hydrogens is 876 g/mol. The second-order valence-corrected chi connectivity index (χ2v) is 22.1. The summed E-state index contributed by atoms with van der Waals surface area (Å²) in [6.45, 7) is 8.98. The first-order chi connectivity index (χ1) is 22.7. The fourth-order valence-electron chi connectivity index (χ4n) is 8.95. The molecule has 3 aliphatic heterocycles. The lowest BCUT2D eigenvalue weighted by Gasteiger charge is -2.43. The van der Waals surface area contributed by atoms with Gasteiger partial charge in [-0.3, -0.25) is 5.32 Å². The molecule has 12 heteroatoms. The molecule has 5 N–H and O–H groups in total. The number of hydrogen-bond donors (Lipinski definition) is 5. The summed E-state index contributed by atoms with van der Waals surface area (Å²) in [6, 6.07) is -0.302. The summed E-state index contributed by atoms with van der Waals surface area (Å²) in [6.07, 6.45) is 9.45. The van der Waals surface area contributed by atoms with Crippen LogP contribution in [0.15, 0.2) is 11.8 Å². The maximum Gasteiger partial charge on any atom is 0.199 e. The first-order valence-corrected chi connectivity index (χ1v) is 23.0. The highest BCUT2D eigenvalue weighted by atomic mass is 127. The van der Waals surface area contributed by atoms with Crippen molar-refractivity contribution in [1.29, 1.82) is 0 Å². The second-order valence-electron chi connectivity index (χ2n) is 16.9. The minimum Gasteiger partial charge on any atom is -0.468 e. The molecule has 48 heavy (non-hydrogen) atoms. The highest BCUT2D eigenvalue weighted by Gasteiger charge is 2.54. The molecule has 3 saturated heterocycles. The second kappa shape index (κ2) is 16.4. The van der Waals surface area contributed by atoms with Crippen molar-refractivity contribution in [1.82, 2.24) is 5.32 Å². The Bertz CT molecular complexity index is 1100. The largest absolute Gasteiger partial charge is 0.468 e. The van der Waals surface area contributed by atoms with Gasteiger partial charge >= 0.3 is 0 Å². The van der Waals surface area contributed by atoms with Crippen molar-refractivity contribution in [2.24, 2.45) is 46.3 Å². The van der Waals surface area contributed by atoms with Gasteiger partial charge in [-0.2, -0.15) is 0 Å². The Labute approximate surface area is 324 Å². The van der Waals surface area contributed by atoms with E-state index in [1.54, 1.807) is 0 Å². The zero-order valence-electron chi connectivity index (χ0n) is 29.0. The Hall–Kier alpha value is 1.42. The van der Waals surface area contributed by atoms with Gasteiger partial charge in [0.15, 0.2) is 12.6 Å². The van der Waals surface area contributed by atoms with Gasteiger partial charge in [0.05, 0.1) is 16.7 Å². The molecular formula is C36H59I2NO7S2. The van der Waals surface area contributed by atoms with Crippen LogP contribution in [-0.4, -0.2) is 81.8 Å². The summed E-state index contributed by atoms with van der Waals surface area (Å²) >= 11 is 8.41. The van der Waals surface area contributed by atoms with E-state index in [4.69, 9.17) is 14.2 Å². The third-order valence-electron chi connectivity index (χ3n) is 12.9. The highest BCUT2D eigenvalue weighted by Crippen LogP contribution is 2.52. The van der Waals surface area contributed by atoms with E-state index in [-0.39, 0.29) is 67.2 Å². The number of aliphatic hydroxyl groups is 4. The first-order valence-electron chi connectivity index (χ1n) is 18.4. The van der Waals surface area contributed by atoms with Crippen molar-refractivity contribution in [3.8, 4) is 0 Å². The molecule has 2 saturated carbocycles. The number of aliphatic hydroxyl groups excluding tert-OH is 4. The van der Waals surface area contributed by atoms with Gasteiger partial charge in [0.2, 0.25) is 0 Å². The van der Waals surface area contributed by atoms with Crippen LogP contribution in [0.4, 0.5) is 0 Å². The van der Waals surface area contributed by atoms with Crippen molar-refractivity contribution < 1.29 is 34.6 Å². The van der Waals surface area contributed by atoms with E-state index in [0.717, 1.165) is 69.3 Å². The molecule has 6 aliphatic rings. The first kappa shape index (κ1) is 39.1. The van der Waals surface area contributed by atoms with Crippen LogP contribution < -0.4 is 5.32 Å². The van der Waals surface area contributed by atoms with Gasteiger partial charge in [-0.25, -0.2) is 0 Å². The molecule has 0 bridgehead atoms. The summed E-state index contributed by atoms with van der Waals surface area (Å²) < 4.78 is 20.5. The Morgan fingerprint density at radius 2 is 1.44 bits per heavy atom. The maximum atomic E-state index is 11.6. The summed E-state index contributed by atoms with van der Waals surface area (Å²) in [7, 11) is 0. The van der Waals surface area contributed by atoms with Gasteiger partial charge in [0.1, 0.15) is 26.3 Å². The number of ether oxygens (including phenoxy) is 3. The van der Waals surface area contributed by atoms with Crippen LogP contribution in [0.2, 0.25) is 0 Å². The number of rotatable bonds is 9. The fraction of sp³-hybridized carbons (Fsp3) is 0.944. The molecule has 3 heterocycles. The molecule has 276 valence electrons. The van der Waals surface area contributed by atoms with Gasteiger partial charge in [-0.1, -0.05) is 72.9 Å². The summed E-state index contributed by atoms with van der Waals surface area (Å²) in [4.78, 5) is 0. The molecule has 12 unspecified atom stereocenters. The molecule has 8 nitrogen and oxygen atoms in total. The molecule has 12 atom stereocenters. The minimum absolute atomic E-state index is 0.00891. The number of thioether (sulfide) groups is 2. The van der Waals surface area contributed by atoms with Crippen LogP contribution in [0.3, 0.4) is 0 Å². The van der Waals surface area contributed by atoms with Gasteiger partial charge in [0, 0.05) is 23.5 Å². The SMILES string of the molecule is CC(C)(C)C1(C)C=C(OC(O)C2CCC(C(O)I)CC2)C2NC(C3CSC4SCCC4C3)OC2C(OC(O)C2CCC(C(O)I)CC2)C1. The molecule has 0 radical (unpaired) electrons. The van der Waals surface area contributed by atoms with Crippen molar-refractivity contribution >= 4 is 68.7 Å². The minimum atomic E-state index is -0.942. The molecule has 5 fully saturated rings. The van der Waals surface area contributed by atoms with E-state index in [2.05, 4.69) is 108 Å². The molecule has 6 rings (SSSR count). The Morgan fingerprint density at radius 1 is 0.854 bits per heavy atom. The average molecular weight is 936 g/mol. The molecule has 0 aromatic carbocycles. The van der Waals surface area contributed by atoms with E-state index in [1.165, 1.54) is 12.2 Å². The number of nitrogens with one attached hydrogen (secondary N) is 1. The van der Waals surface area contributed by atoms with Crippen LogP contribution in [-0.2, 0) is 14.2 Å². The van der Waals surface area contributed by atoms with Crippen molar-refractivity contribution in [2.45, 2.75) is 148 Å².